The van der Waals surface area contributed by atoms with Crippen LogP contribution in [0.15, 0.2) is 42.5 Å². The zero-order valence-electron chi connectivity index (χ0n) is 17.1. The minimum absolute atomic E-state index is 0.0114. The summed E-state index contributed by atoms with van der Waals surface area (Å²) in [6, 6.07) is 12.1. The predicted octanol–water partition coefficient (Wildman–Crippen LogP) is 2.31. The molecule has 31 heavy (non-hydrogen) atoms. The second-order valence-corrected chi connectivity index (χ2v) is 7.64. The van der Waals surface area contributed by atoms with E-state index in [9.17, 15) is 19.2 Å². The molecule has 3 rings (SSSR count). The van der Waals surface area contributed by atoms with Crippen LogP contribution in [0.4, 0.5) is 5.69 Å². The molecule has 0 unspecified atom stereocenters. The average molecular weight is 444 g/mol. The number of aryl methyl sites for hydroxylation is 2. The van der Waals surface area contributed by atoms with Gasteiger partial charge < -0.3 is 9.64 Å². The summed E-state index contributed by atoms with van der Waals surface area (Å²) in [5, 5.41) is 0.236. The van der Waals surface area contributed by atoms with E-state index in [4.69, 9.17) is 16.3 Å². The number of para-hydroxylation sites is 1. The van der Waals surface area contributed by atoms with Crippen LogP contribution in [0, 0.1) is 19.8 Å². The highest BCUT2D eigenvalue weighted by Gasteiger charge is 2.37. The number of nitrogens with one attached hydrogen (secondary N) is 2. The van der Waals surface area contributed by atoms with Crippen LogP contribution >= 0.6 is 11.6 Å². The molecule has 0 aliphatic carbocycles. The number of esters is 1. The van der Waals surface area contributed by atoms with Gasteiger partial charge in [-0.05, 0) is 37.1 Å². The number of carbonyl (C=O) groups is 4. The Balaban J connectivity index is 1.50. The Morgan fingerprint density at radius 1 is 1.06 bits per heavy atom. The Kier molecular flexibility index (Phi) is 6.91. The van der Waals surface area contributed by atoms with Crippen molar-refractivity contribution in [1.29, 1.82) is 0 Å². The van der Waals surface area contributed by atoms with E-state index < -0.39 is 30.3 Å². The fraction of sp³-hybridized carbons (Fsp3) is 0.273. The molecule has 0 saturated carbocycles. The maximum Gasteiger partial charge on any atom is 0.311 e. The Labute approximate surface area is 184 Å². The lowest BCUT2D eigenvalue weighted by molar-refractivity contribution is -0.152. The van der Waals surface area contributed by atoms with E-state index in [-0.39, 0.29) is 29.5 Å². The summed E-state index contributed by atoms with van der Waals surface area (Å²) in [6.07, 6.45) is 0.0114. The van der Waals surface area contributed by atoms with Gasteiger partial charge in [-0.3, -0.25) is 30.0 Å². The lowest BCUT2D eigenvalue weighted by Crippen LogP contribution is -2.44. The number of hydrogen-bond acceptors (Lipinski definition) is 5. The maximum atomic E-state index is 12.5. The van der Waals surface area contributed by atoms with Crippen molar-refractivity contribution in [3.05, 3.63) is 64.2 Å². The van der Waals surface area contributed by atoms with Gasteiger partial charge >= 0.3 is 5.97 Å². The van der Waals surface area contributed by atoms with Crippen molar-refractivity contribution < 1.29 is 23.9 Å². The number of rotatable bonds is 5. The second-order valence-electron chi connectivity index (χ2n) is 7.24. The molecule has 0 bridgehead atoms. The summed E-state index contributed by atoms with van der Waals surface area (Å²) >= 11 is 5.92. The molecule has 3 amide bonds. The van der Waals surface area contributed by atoms with Gasteiger partial charge in [-0.1, -0.05) is 41.9 Å². The Bertz CT molecular complexity index is 1020. The van der Waals surface area contributed by atoms with E-state index in [0.717, 1.165) is 16.8 Å². The predicted molar refractivity (Wildman–Crippen MR) is 114 cm³/mol. The van der Waals surface area contributed by atoms with Gasteiger partial charge in [0.25, 0.3) is 11.8 Å². The average Bonchev–Trinajstić information content (AvgIpc) is 3.12. The van der Waals surface area contributed by atoms with Crippen molar-refractivity contribution in [3.8, 4) is 0 Å². The van der Waals surface area contributed by atoms with Crippen LogP contribution in [-0.2, 0) is 19.1 Å². The highest BCUT2D eigenvalue weighted by molar-refractivity contribution is 6.33. The fourth-order valence-corrected chi connectivity index (χ4v) is 3.66. The molecule has 2 aromatic carbocycles. The van der Waals surface area contributed by atoms with Crippen molar-refractivity contribution in [1.82, 2.24) is 10.9 Å². The number of anilines is 1. The van der Waals surface area contributed by atoms with Crippen LogP contribution in [0.25, 0.3) is 0 Å². The zero-order valence-corrected chi connectivity index (χ0v) is 17.9. The highest BCUT2D eigenvalue weighted by atomic mass is 35.5. The first kappa shape index (κ1) is 22.3. The molecule has 1 aliphatic rings. The quantitative estimate of drug-likeness (QED) is 0.545. The van der Waals surface area contributed by atoms with Crippen molar-refractivity contribution in [2.45, 2.75) is 20.3 Å². The molecular formula is C22H22ClN3O5. The van der Waals surface area contributed by atoms with E-state index in [1.165, 1.54) is 6.07 Å². The summed E-state index contributed by atoms with van der Waals surface area (Å²) in [5.41, 5.74) is 7.23. The minimum atomic E-state index is -0.718. The van der Waals surface area contributed by atoms with Crippen molar-refractivity contribution in [2.75, 3.05) is 18.1 Å². The van der Waals surface area contributed by atoms with E-state index in [1.807, 2.05) is 32.0 Å². The summed E-state index contributed by atoms with van der Waals surface area (Å²) in [5.74, 6) is -2.80. The first-order chi connectivity index (χ1) is 14.8. The lowest BCUT2D eigenvalue weighted by Gasteiger charge is -2.21. The summed E-state index contributed by atoms with van der Waals surface area (Å²) in [4.78, 5) is 50.3. The standard InChI is InChI=1S/C22H22ClN3O5/c1-13-6-5-7-14(2)20(13)26-11-15(10-19(26)28)22(30)31-12-18(27)24-25-21(29)16-8-3-4-9-17(16)23/h3-9,15H,10-12H2,1-2H3,(H,24,27)(H,25,29)/t15-/m0/s1. The number of benzene rings is 2. The Morgan fingerprint density at radius 2 is 1.74 bits per heavy atom. The van der Waals surface area contributed by atoms with Crippen LogP contribution in [-0.4, -0.2) is 36.8 Å². The number of carbonyl (C=O) groups excluding carboxylic acids is 4. The van der Waals surface area contributed by atoms with E-state index in [1.54, 1.807) is 23.1 Å². The van der Waals surface area contributed by atoms with Crippen LogP contribution in [0.1, 0.15) is 27.9 Å². The largest absolute Gasteiger partial charge is 0.455 e. The molecule has 1 fully saturated rings. The third-order valence-electron chi connectivity index (χ3n) is 4.95. The normalized spacial score (nSPS) is 15.5. The van der Waals surface area contributed by atoms with Gasteiger partial charge in [-0.15, -0.1) is 0 Å². The third-order valence-corrected chi connectivity index (χ3v) is 5.28. The molecule has 0 radical (unpaired) electrons. The van der Waals surface area contributed by atoms with E-state index in [0.29, 0.717) is 0 Å². The van der Waals surface area contributed by atoms with Crippen LogP contribution in [0.2, 0.25) is 5.02 Å². The number of nitrogens with zero attached hydrogens (tertiary/aromatic N) is 1. The number of halogens is 1. The molecule has 162 valence electrons. The highest BCUT2D eigenvalue weighted by Crippen LogP contribution is 2.31. The minimum Gasteiger partial charge on any atom is -0.455 e. The molecule has 1 saturated heterocycles. The molecule has 2 N–H and O–H groups in total. The van der Waals surface area contributed by atoms with Gasteiger partial charge in [0.15, 0.2) is 6.61 Å². The smallest absolute Gasteiger partial charge is 0.311 e. The van der Waals surface area contributed by atoms with Gasteiger partial charge in [0, 0.05) is 18.7 Å². The number of ether oxygens (including phenoxy) is 1. The summed E-state index contributed by atoms with van der Waals surface area (Å²) in [6.45, 7) is 3.41. The molecule has 1 aliphatic heterocycles. The van der Waals surface area contributed by atoms with Crippen molar-refractivity contribution >= 4 is 41.0 Å². The molecule has 8 nitrogen and oxygen atoms in total. The van der Waals surface area contributed by atoms with Gasteiger partial charge in [0.05, 0.1) is 16.5 Å². The fourth-order valence-electron chi connectivity index (χ4n) is 3.44. The SMILES string of the molecule is Cc1cccc(C)c1N1C[C@@H](C(=O)OCC(=O)NNC(=O)c2ccccc2Cl)CC1=O. The molecule has 9 heteroatoms. The molecule has 1 atom stereocenters. The van der Waals surface area contributed by atoms with Crippen molar-refractivity contribution in [3.63, 3.8) is 0 Å². The van der Waals surface area contributed by atoms with Gasteiger partial charge in [0.1, 0.15) is 0 Å². The first-order valence-corrected chi connectivity index (χ1v) is 10.0. The third kappa shape index (κ3) is 5.21. The Morgan fingerprint density at radius 3 is 2.42 bits per heavy atom. The zero-order chi connectivity index (χ0) is 22.5. The molecular weight excluding hydrogens is 422 g/mol. The number of amides is 3. The van der Waals surface area contributed by atoms with Gasteiger partial charge in [-0.25, -0.2) is 0 Å². The summed E-state index contributed by atoms with van der Waals surface area (Å²) < 4.78 is 5.04. The first-order valence-electron chi connectivity index (χ1n) is 9.65. The second kappa shape index (κ2) is 9.61. The molecule has 0 spiro atoms. The van der Waals surface area contributed by atoms with Crippen LogP contribution in [0.3, 0.4) is 0 Å². The number of hydrogen-bond donors (Lipinski definition) is 2. The van der Waals surface area contributed by atoms with Gasteiger partial charge in [0.2, 0.25) is 5.91 Å². The maximum absolute atomic E-state index is 12.5. The van der Waals surface area contributed by atoms with Gasteiger partial charge in [-0.2, -0.15) is 0 Å². The van der Waals surface area contributed by atoms with E-state index >= 15 is 0 Å². The molecule has 1 heterocycles. The monoisotopic (exact) mass is 443 g/mol. The van der Waals surface area contributed by atoms with E-state index in [2.05, 4.69) is 10.9 Å². The van der Waals surface area contributed by atoms with Crippen LogP contribution in [0.5, 0.6) is 0 Å². The molecule has 2 aromatic rings. The summed E-state index contributed by atoms with van der Waals surface area (Å²) in [7, 11) is 0. The lowest BCUT2D eigenvalue weighted by atomic mass is 10.1. The number of hydrazine groups is 1. The Hall–Kier alpha value is -3.39. The molecule has 0 aromatic heterocycles. The van der Waals surface area contributed by atoms with Crippen molar-refractivity contribution in [2.24, 2.45) is 5.92 Å². The topological polar surface area (TPSA) is 105 Å². The van der Waals surface area contributed by atoms with Crippen LogP contribution < -0.4 is 15.8 Å².